The third-order valence-corrected chi connectivity index (χ3v) is 3.21. The largest absolute Gasteiger partial charge is 0.370 e. The molecule has 2 rings (SSSR count). The maximum atomic E-state index is 10.6. The predicted molar refractivity (Wildman–Crippen MR) is 66.9 cm³/mol. The van der Waals surface area contributed by atoms with Gasteiger partial charge in [0.25, 0.3) is 0 Å². The topological polar surface area (TPSA) is 68.0 Å². The summed E-state index contributed by atoms with van der Waals surface area (Å²) in [6.45, 7) is 0.503. The first-order valence-corrected chi connectivity index (χ1v) is 5.93. The number of fused-ring (bicyclic) bond motifs is 1. The molecule has 4 nitrogen and oxygen atoms in total. The molecule has 0 aliphatic rings. The van der Waals surface area contributed by atoms with Crippen molar-refractivity contribution in [1.29, 1.82) is 0 Å². The quantitative estimate of drug-likeness (QED) is 0.880. The van der Waals surface area contributed by atoms with Crippen LogP contribution < -0.4 is 11.1 Å². The van der Waals surface area contributed by atoms with Gasteiger partial charge in [-0.1, -0.05) is 22.9 Å². The van der Waals surface area contributed by atoms with Crippen molar-refractivity contribution in [1.82, 2.24) is 4.98 Å². The van der Waals surface area contributed by atoms with Gasteiger partial charge in [0.05, 0.1) is 10.2 Å². The maximum Gasteiger partial charge on any atom is 0.219 e. The molecule has 0 aliphatic carbocycles. The Labute approximate surface area is 101 Å². The van der Waals surface area contributed by atoms with Crippen LogP contribution >= 0.6 is 22.9 Å². The van der Waals surface area contributed by atoms with Crippen molar-refractivity contribution in [3.63, 3.8) is 0 Å². The second-order valence-electron chi connectivity index (χ2n) is 3.27. The van der Waals surface area contributed by atoms with Gasteiger partial charge >= 0.3 is 0 Å². The number of amides is 1. The van der Waals surface area contributed by atoms with E-state index in [9.17, 15) is 4.79 Å². The number of hydrogen-bond donors (Lipinski definition) is 2. The lowest BCUT2D eigenvalue weighted by atomic mass is 10.3. The zero-order chi connectivity index (χ0) is 11.5. The SMILES string of the molecule is NC(=O)CCNc1nc2ccc(Cl)cc2s1. The number of thiazole rings is 1. The van der Waals surface area contributed by atoms with Crippen LogP contribution in [-0.2, 0) is 4.79 Å². The summed E-state index contributed by atoms with van der Waals surface area (Å²) in [6.07, 6.45) is 0.302. The third-order valence-electron chi connectivity index (χ3n) is 2.00. The van der Waals surface area contributed by atoms with Crippen LogP contribution in [0, 0.1) is 0 Å². The van der Waals surface area contributed by atoms with E-state index in [2.05, 4.69) is 10.3 Å². The molecule has 16 heavy (non-hydrogen) atoms. The van der Waals surface area contributed by atoms with Crippen molar-refractivity contribution in [3.8, 4) is 0 Å². The summed E-state index contributed by atoms with van der Waals surface area (Å²) in [5.74, 6) is -0.323. The van der Waals surface area contributed by atoms with E-state index in [0.29, 0.717) is 18.0 Å². The van der Waals surface area contributed by atoms with E-state index in [1.54, 1.807) is 6.07 Å². The number of halogens is 1. The first-order chi connectivity index (χ1) is 7.65. The summed E-state index contributed by atoms with van der Waals surface area (Å²) < 4.78 is 1.02. The van der Waals surface area contributed by atoms with Gasteiger partial charge in [-0.05, 0) is 18.2 Å². The normalized spacial score (nSPS) is 10.6. The molecular formula is C10H10ClN3OS. The summed E-state index contributed by atoms with van der Waals surface area (Å²) in [6, 6.07) is 5.54. The number of anilines is 1. The first-order valence-electron chi connectivity index (χ1n) is 4.73. The van der Waals surface area contributed by atoms with Crippen LogP contribution in [0.25, 0.3) is 10.2 Å². The van der Waals surface area contributed by atoms with Gasteiger partial charge in [0, 0.05) is 18.0 Å². The summed E-state index contributed by atoms with van der Waals surface area (Å²) in [5.41, 5.74) is 5.94. The van der Waals surface area contributed by atoms with Gasteiger partial charge in [-0.2, -0.15) is 0 Å². The van der Waals surface area contributed by atoms with Gasteiger partial charge in [0.2, 0.25) is 5.91 Å². The zero-order valence-electron chi connectivity index (χ0n) is 8.37. The molecule has 1 amide bonds. The molecule has 0 unspecified atom stereocenters. The molecule has 0 aliphatic heterocycles. The third kappa shape index (κ3) is 2.62. The molecule has 3 N–H and O–H groups in total. The Morgan fingerprint density at radius 3 is 3.12 bits per heavy atom. The molecule has 1 aromatic heterocycles. The molecule has 0 fully saturated rings. The average molecular weight is 256 g/mol. The zero-order valence-corrected chi connectivity index (χ0v) is 9.94. The molecule has 1 aromatic carbocycles. The van der Waals surface area contributed by atoms with Gasteiger partial charge in [-0.15, -0.1) is 0 Å². The molecule has 6 heteroatoms. The van der Waals surface area contributed by atoms with Gasteiger partial charge in [0.1, 0.15) is 0 Å². The second-order valence-corrected chi connectivity index (χ2v) is 4.74. The summed E-state index contributed by atoms with van der Waals surface area (Å²) >= 11 is 7.38. The lowest BCUT2D eigenvalue weighted by Crippen LogP contribution is -2.15. The highest BCUT2D eigenvalue weighted by molar-refractivity contribution is 7.22. The number of aromatic nitrogens is 1. The molecular weight excluding hydrogens is 246 g/mol. The van der Waals surface area contributed by atoms with Crippen molar-refractivity contribution in [3.05, 3.63) is 23.2 Å². The van der Waals surface area contributed by atoms with Gasteiger partial charge in [-0.3, -0.25) is 4.79 Å². The van der Waals surface area contributed by atoms with Crippen molar-refractivity contribution < 1.29 is 4.79 Å². The van der Waals surface area contributed by atoms with Crippen molar-refractivity contribution in [2.45, 2.75) is 6.42 Å². The van der Waals surface area contributed by atoms with E-state index < -0.39 is 0 Å². The Bertz CT molecular complexity index is 526. The lowest BCUT2D eigenvalue weighted by molar-refractivity contribution is -0.117. The van der Waals surface area contributed by atoms with E-state index in [0.717, 1.165) is 15.3 Å². The highest BCUT2D eigenvalue weighted by atomic mass is 35.5. The number of nitrogens with zero attached hydrogens (tertiary/aromatic N) is 1. The number of primary amides is 1. The number of carbonyl (C=O) groups is 1. The van der Waals surface area contributed by atoms with Crippen molar-refractivity contribution >= 4 is 44.2 Å². The monoisotopic (exact) mass is 255 g/mol. The highest BCUT2D eigenvalue weighted by Crippen LogP contribution is 2.28. The van der Waals surface area contributed by atoms with E-state index in [4.69, 9.17) is 17.3 Å². The molecule has 84 valence electrons. The summed E-state index contributed by atoms with van der Waals surface area (Å²) in [5, 5.41) is 4.52. The second kappa shape index (κ2) is 4.67. The highest BCUT2D eigenvalue weighted by Gasteiger charge is 2.04. The fourth-order valence-electron chi connectivity index (χ4n) is 1.27. The van der Waals surface area contributed by atoms with Gasteiger partial charge < -0.3 is 11.1 Å². The Morgan fingerprint density at radius 1 is 1.56 bits per heavy atom. The minimum atomic E-state index is -0.323. The molecule has 0 bridgehead atoms. The molecule has 2 aromatic rings. The smallest absolute Gasteiger partial charge is 0.219 e. The van der Waals surface area contributed by atoms with Gasteiger partial charge in [0.15, 0.2) is 5.13 Å². The predicted octanol–water partition coefficient (Wildman–Crippen LogP) is 2.24. The Hall–Kier alpha value is -1.33. The standard InChI is InChI=1S/C10H10ClN3OS/c11-6-1-2-7-8(5-6)16-10(14-7)13-4-3-9(12)15/h1-2,5H,3-4H2,(H2,12,15)(H,13,14). The van der Waals surface area contributed by atoms with E-state index in [1.807, 2.05) is 12.1 Å². The minimum absolute atomic E-state index is 0.302. The van der Waals surface area contributed by atoms with Crippen LogP contribution in [0.3, 0.4) is 0 Å². The molecule has 1 heterocycles. The molecule has 0 saturated heterocycles. The van der Waals surface area contributed by atoms with E-state index >= 15 is 0 Å². The van der Waals surface area contributed by atoms with Gasteiger partial charge in [-0.25, -0.2) is 4.98 Å². The summed E-state index contributed by atoms with van der Waals surface area (Å²) in [4.78, 5) is 14.9. The molecule has 0 atom stereocenters. The number of nitrogens with one attached hydrogen (secondary N) is 1. The van der Waals surface area contributed by atoms with Crippen LogP contribution in [0.15, 0.2) is 18.2 Å². The maximum absolute atomic E-state index is 10.6. The van der Waals surface area contributed by atoms with Crippen molar-refractivity contribution in [2.75, 3.05) is 11.9 Å². The summed E-state index contributed by atoms with van der Waals surface area (Å²) in [7, 11) is 0. The fraction of sp³-hybridized carbons (Fsp3) is 0.200. The fourth-order valence-corrected chi connectivity index (χ4v) is 2.43. The van der Waals surface area contributed by atoms with Crippen LogP contribution in [0.5, 0.6) is 0 Å². The number of benzene rings is 1. The number of nitrogens with two attached hydrogens (primary N) is 1. The minimum Gasteiger partial charge on any atom is -0.370 e. The molecule has 0 saturated carbocycles. The molecule has 0 spiro atoms. The average Bonchev–Trinajstić information content (AvgIpc) is 2.58. The van der Waals surface area contributed by atoms with Crippen LogP contribution in [0.2, 0.25) is 5.02 Å². The molecule has 0 radical (unpaired) electrons. The number of carbonyl (C=O) groups excluding carboxylic acids is 1. The Balaban J connectivity index is 2.10. The van der Waals surface area contributed by atoms with Crippen molar-refractivity contribution in [2.24, 2.45) is 5.73 Å². The van der Waals surface area contributed by atoms with Crippen LogP contribution in [0.1, 0.15) is 6.42 Å². The van der Waals surface area contributed by atoms with E-state index in [-0.39, 0.29) is 5.91 Å². The van der Waals surface area contributed by atoms with Crippen LogP contribution in [0.4, 0.5) is 5.13 Å². The first kappa shape index (κ1) is 11.2. The van der Waals surface area contributed by atoms with E-state index in [1.165, 1.54) is 11.3 Å². The Kier molecular flexibility index (Phi) is 3.26. The number of hydrogen-bond acceptors (Lipinski definition) is 4. The Morgan fingerprint density at radius 2 is 2.38 bits per heavy atom. The van der Waals surface area contributed by atoms with Crippen LogP contribution in [-0.4, -0.2) is 17.4 Å². The lowest BCUT2D eigenvalue weighted by Gasteiger charge is -1.97. The number of rotatable bonds is 4.